The fourth-order valence-corrected chi connectivity index (χ4v) is 9.61. The number of hydrogen-bond acceptors (Lipinski definition) is 12. The van der Waals surface area contributed by atoms with Gasteiger partial charge in [-0.3, -0.25) is 23.8 Å². The first-order valence-electron chi connectivity index (χ1n) is 19.2. The van der Waals surface area contributed by atoms with Crippen LogP contribution in [0.15, 0.2) is 5.11 Å². The van der Waals surface area contributed by atoms with E-state index in [4.69, 9.17) is 29.2 Å². The van der Waals surface area contributed by atoms with Crippen molar-refractivity contribution in [2.75, 3.05) is 40.8 Å². The van der Waals surface area contributed by atoms with Gasteiger partial charge in [-0.05, 0) is 92.3 Å². The fourth-order valence-electron chi connectivity index (χ4n) is 8.84. The third-order valence-corrected chi connectivity index (χ3v) is 12.6. The van der Waals surface area contributed by atoms with E-state index in [9.17, 15) is 23.7 Å². The molecule has 3 aliphatic heterocycles. The lowest BCUT2D eigenvalue weighted by molar-refractivity contribution is -0.260. The van der Waals surface area contributed by atoms with Crippen molar-refractivity contribution in [1.82, 2.24) is 14.7 Å². The minimum absolute atomic E-state index is 0.134. The molecule has 0 radical (unpaired) electrons. The Labute approximate surface area is 322 Å². The van der Waals surface area contributed by atoms with Crippen LogP contribution in [0, 0.1) is 17.8 Å². The fraction of sp³-hybridized carbons (Fsp3) is 0.892. The van der Waals surface area contributed by atoms with Crippen molar-refractivity contribution in [3.63, 3.8) is 0 Å². The minimum atomic E-state index is -1.39. The van der Waals surface area contributed by atoms with Crippen LogP contribution in [0.1, 0.15) is 94.4 Å². The molecule has 3 aliphatic rings. The molecule has 2 amide bonds. The molecule has 0 spiro atoms. The smallest absolute Gasteiger partial charge is 0.410 e. The number of rotatable bonds is 11. The van der Waals surface area contributed by atoms with E-state index in [1.165, 1.54) is 21.0 Å². The number of azide groups is 1. The Balaban J connectivity index is 2.15. The number of nitrogens with zero attached hydrogens (tertiary/aromatic N) is 6. The molecule has 3 rings (SSSR count). The molecule has 13 atom stereocenters. The van der Waals surface area contributed by atoms with E-state index in [0.717, 1.165) is 0 Å². The van der Waals surface area contributed by atoms with E-state index in [1.54, 1.807) is 30.6 Å². The zero-order valence-corrected chi connectivity index (χ0v) is 35.1. The third kappa shape index (κ3) is 9.92. The molecular weight excluding hydrogens is 719 g/mol. The molecule has 3 unspecified atom stereocenters. The Morgan fingerprint density at radius 2 is 1.80 bits per heavy atom. The van der Waals surface area contributed by atoms with Crippen molar-refractivity contribution < 1.29 is 47.4 Å². The number of methoxy groups -OCH3 is 1. The highest BCUT2D eigenvalue weighted by atomic mass is 31.1. The molecule has 3 saturated heterocycles. The Morgan fingerprint density at radius 1 is 1.13 bits per heavy atom. The van der Waals surface area contributed by atoms with Crippen LogP contribution in [0.4, 0.5) is 4.79 Å². The van der Waals surface area contributed by atoms with Crippen molar-refractivity contribution >= 4 is 32.2 Å². The monoisotopic (exact) mass is 782 g/mol. The summed E-state index contributed by atoms with van der Waals surface area (Å²) >= 11 is 0. The first kappa shape index (κ1) is 45.5. The second-order valence-electron chi connectivity index (χ2n) is 16.1. The zero-order chi connectivity index (χ0) is 40.7. The molecule has 306 valence electrons. The van der Waals surface area contributed by atoms with E-state index >= 15 is 0 Å². The second kappa shape index (κ2) is 19.3. The van der Waals surface area contributed by atoms with Crippen LogP contribution in [-0.4, -0.2) is 139 Å². The van der Waals surface area contributed by atoms with Gasteiger partial charge in [0.2, 0.25) is 5.91 Å². The van der Waals surface area contributed by atoms with Crippen LogP contribution in [0.5, 0.6) is 0 Å². The van der Waals surface area contributed by atoms with Gasteiger partial charge in [0.25, 0.3) is 0 Å². The molecule has 0 aliphatic carbocycles. The summed E-state index contributed by atoms with van der Waals surface area (Å²) < 4.78 is 44.2. The summed E-state index contributed by atoms with van der Waals surface area (Å²) in [5.41, 5.74) is 5.59. The molecule has 16 nitrogen and oxygen atoms in total. The van der Waals surface area contributed by atoms with Crippen molar-refractivity contribution in [3.8, 4) is 0 Å². The van der Waals surface area contributed by atoms with Crippen LogP contribution in [0.3, 0.4) is 0 Å². The normalized spacial score (nSPS) is 38.6. The number of unbranched alkanes of at least 4 members (excludes halogenated alkanes) is 1. The highest BCUT2D eigenvalue weighted by Crippen LogP contribution is 2.42. The maximum Gasteiger partial charge on any atom is 0.410 e. The van der Waals surface area contributed by atoms with Crippen LogP contribution >= 0.6 is 8.46 Å². The lowest BCUT2D eigenvalue weighted by atomic mass is 9.78. The highest BCUT2D eigenvalue weighted by Gasteiger charge is 2.60. The standard InChI is InChI=1S/C37H63N6O10P/c1-13-28-37(9)31(42(35(47)53-37)17-15-14-16-39-40-38)25(6)43(26(7)44)20-21(2)19-36(8,49-12)32(23(4)29(45)24(5)33(46)51-28)52-34-30(54-48)27(41(10)11)18-22(3)50-34/h21-25,27-28,30-32,34H,13-20H2,1-12H3/t21-,22?,23+,24-,25-,27?,28-,30?,31-,32-,34+,36+,37-/m1/s1. The summed E-state index contributed by atoms with van der Waals surface area (Å²) in [6, 6.07) is -1.48. The van der Waals surface area contributed by atoms with Gasteiger partial charge in [0, 0.05) is 50.5 Å². The van der Waals surface area contributed by atoms with Gasteiger partial charge in [-0.25, -0.2) is 4.79 Å². The number of amides is 2. The molecule has 17 heteroatoms. The van der Waals surface area contributed by atoms with Crippen molar-refractivity contribution in [1.29, 1.82) is 0 Å². The molecular formula is C37H63N6O10P. The Morgan fingerprint density at radius 3 is 2.35 bits per heavy atom. The maximum atomic E-state index is 14.4. The summed E-state index contributed by atoms with van der Waals surface area (Å²) in [7, 11) is 5.18. The number of Topliss-reactive ketones (excluding diaryl/α,β-unsaturated/α-hetero) is 1. The largest absolute Gasteiger partial charge is 0.458 e. The van der Waals surface area contributed by atoms with Gasteiger partial charge in [0.05, 0.1) is 29.9 Å². The summed E-state index contributed by atoms with van der Waals surface area (Å²) in [5.74, 6) is -3.84. The van der Waals surface area contributed by atoms with Crippen LogP contribution in [-0.2, 0) is 42.6 Å². The molecule has 0 aromatic heterocycles. The van der Waals surface area contributed by atoms with Crippen LogP contribution < -0.4 is 0 Å². The van der Waals surface area contributed by atoms with Gasteiger partial charge < -0.3 is 33.5 Å². The molecule has 3 fully saturated rings. The predicted octanol–water partition coefficient (Wildman–Crippen LogP) is 5.61. The van der Waals surface area contributed by atoms with Crippen molar-refractivity contribution in [3.05, 3.63) is 10.4 Å². The molecule has 0 bridgehead atoms. The Kier molecular flexibility index (Phi) is 16.3. The summed E-state index contributed by atoms with van der Waals surface area (Å²) in [6.45, 7) is 16.5. The molecule has 54 heavy (non-hydrogen) atoms. The number of esters is 1. The highest BCUT2D eigenvalue weighted by molar-refractivity contribution is 7.25. The van der Waals surface area contributed by atoms with E-state index in [1.807, 2.05) is 46.7 Å². The lowest BCUT2D eigenvalue weighted by Gasteiger charge is -2.47. The van der Waals surface area contributed by atoms with E-state index in [-0.39, 0.29) is 58.5 Å². The predicted molar refractivity (Wildman–Crippen MR) is 201 cm³/mol. The van der Waals surface area contributed by atoms with Gasteiger partial charge in [-0.1, -0.05) is 25.9 Å². The van der Waals surface area contributed by atoms with E-state index in [0.29, 0.717) is 25.7 Å². The molecule has 0 aromatic carbocycles. The average molecular weight is 783 g/mol. The first-order chi connectivity index (χ1) is 25.3. The topological polar surface area (TPSA) is 190 Å². The van der Waals surface area contributed by atoms with Crippen molar-refractivity contribution in [2.24, 2.45) is 22.9 Å². The SMILES string of the molecule is CC[C@H]1OC(=O)[C@H](C)C(=O)[C@H](C)[C@@H](O[C@@H]2OC(C)CC(N(C)C)C2P=O)[C@@](C)(OC)C[C@@H](C)CN(C(C)=O)[C@H](C)[C@H]2N(CCCCN=[N+]=[N-])C(=O)O[C@]12C. The minimum Gasteiger partial charge on any atom is -0.458 e. The summed E-state index contributed by atoms with van der Waals surface area (Å²) in [4.78, 5) is 63.7. The van der Waals surface area contributed by atoms with Crippen molar-refractivity contribution in [2.45, 2.75) is 154 Å². The zero-order valence-electron chi connectivity index (χ0n) is 34.2. The first-order valence-corrected chi connectivity index (χ1v) is 20.1. The number of carbonyl (C=O) groups excluding carboxylic acids is 4. The Hall–Kier alpha value is -2.87. The third-order valence-electron chi connectivity index (χ3n) is 11.7. The van der Waals surface area contributed by atoms with E-state index in [2.05, 4.69) is 10.0 Å². The maximum absolute atomic E-state index is 14.4. The van der Waals surface area contributed by atoms with Gasteiger partial charge in [0.1, 0.15) is 17.7 Å². The van der Waals surface area contributed by atoms with Gasteiger partial charge >= 0.3 is 12.1 Å². The quantitative estimate of drug-likeness (QED) is 0.0482. The number of carbonyl (C=O) groups is 4. The number of cyclic esters (lactones) is 1. The lowest BCUT2D eigenvalue weighted by Crippen LogP contribution is -2.62. The Bertz CT molecular complexity index is 1400. The molecule has 3 heterocycles. The van der Waals surface area contributed by atoms with Gasteiger partial charge in [-0.15, -0.1) is 0 Å². The second-order valence-corrected chi connectivity index (χ2v) is 16.9. The molecule has 0 N–H and O–H groups in total. The number of ketones is 1. The van der Waals surface area contributed by atoms with Crippen LogP contribution in [0.2, 0.25) is 0 Å². The number of fused-ring (bicyclic) bond motifs is 1. The van der Waals surface area contributed by atoms with Crippen LogP contribution in [0.25, 0.3) is 10.4 Å². The number of hydrogen-bond donors (Lipinski definition) is 0. The molecule has 0 saturated carbocycles. The van der Waals surface area contributed by atoms with Gasteiger partial charge in [-0.2, -0.15) is 0 Å². The average Bonchev–Trinajstić information content (AvgIpc) is 3.38. The summed E-state index contributed by atoms with van der Waals surface area (Å²) in [5, 5.41) is 3.60. The summed E-state index contributed by atoms with van der Waals surface area (Å²) in [6.07, 6.45) is -1.50. The van der Waals surface area contributed by atoms with Gasteiger partial charge in [0.15, 0.2) is 26.1 Å². The molecule has 0 aromatic rings. The van der Waals surface area contributed by atoms with E-state index < -0.39 is 77.1 Å². The number of ether oxygens (including phenoxy) is 5.